The SMILES string of the molecule is [2H]C([2H])([2H])[N+](C)(C)C[C@@H](CC(=O)[O-])OC(=O)C=C(C)C. The van der Waals surface area contributed by atoms with Gasteiger partial charge in [-0.2, -0.15) is 0 Å². The summed E-state index contributed by atoms with van der Waals surface area (Å²) in [5, 5.41) is 10.7. The molecule has 0 bridgehead atoms. The molecule has 0 radical (unpaired) electrons. The molecule has 1 atom stereocenters. The zero-order chi connectivity index (χ0) is 16.1. The van der Waals surface area contributed by atoms with Crippen molar-refractivity contribution < 1.29 is 28.0 Å². The van der Waals surface area contributed by atoms with E-state index in [1.54, 1.807) is 13.8 Å². The van der Waals surface area contributed by atoms with Gasteiger partial charge < -0.3 is 19.1 Å². The number of ether oxygens (including phenoxy) is 1. The normalized spacial score (nSPS) is 16.1. The third-order valence-electron chi connectivity index (χ3n) is 1.74. The van der Waals surface area contributed by atoms with Gasteiger partial charge in [0.25, 0.3) is 0 Å². The summed E-state index contributed by atoms with van der Waals surface area (Å²) in [6.07, 6.45) is -0.379. The highest BCUT2D eigenvalue weighted by Gasteiger charge is 2.21. The predicted octanol–water partition coefficient (Wildman–Crippen LogP) is -0.289. The lowest BCUT2D eigenvalue weighted by atomic mass is 10.2. The van der Waals surface area contributed by atoms with E-state index >= 15 is 0 Å². The van der Waals surface area contributed by atoms with Crippen LogP contribution in [0.1, 0.15) is 24.4 Å². The minimum absolute atomic E-state index is 0.146. The van der Waals surface area contributed by atoms with Gasteiger partial charge in [-0.15, -0.1) is 0 Å². The van der Waals surface area contributed by atoms with Crippen LogP contribution in [-0.2, 0) is 14.3 Å². The lowest BCUT2D eigenvalue weighted by Gasteiger charge is -2.29. The maximum Gasteiger partial charge on any atom is 0.331 e. The smallest absolute Gasteiger partial charge is 0.331 e. The second-order valence-corrected chi connectivity index (χ2v) is 4.72. The summed E-state index contributed by atoms with van der Waals surface area (Å²) in [4.78, 5) is 22.2. The van der Waals surface area contributed by atoms with Gasteiger partial charge in [-0.1, -0.05) is 5.57 Å². The third kappa shape index (κ3) is 9.56. The summed E-state index contributed by atoms with van der Waals surface area (Å²) in [6, 6.07) is 0. The van der Waals surface area contributed by atoms with Gasteiger partial charge in [0.15, 0.2) is 6.10 Å². The molecule has 98 valence electrons. The number of esters is 1. The second-order valence-electron chi connectivity index (χ2n) is 4.72. The largest absolute Gasteiger partial charge is 0.550 e. The first kappa shape index (κ1) is 10.8. The first-order valence-corrected chi connectivity index (χ1v) is 5.23. The predicted molar refractivity (Wildman–Crippen MR) is 61.8 cm³/mol. The Hall–Kier alpha value is -1.36. The molecule has 0 rings (SSSR count). The number of carbonyl (C=O) groups excluding carboxylic acids is 2. The van der Waals surface area contributed by atoms with E-state index in [0.717, 1.165) is 0 Å². The number of hydrogen-bond acceptors (Lipinski definition) is 4. The molecule has 0 aliphatic heterocycles. The first-order valence-electron chi connectivity index (χ1n) is 6.73. The molecule has 0 aromatic heterocycles. The van der Waals surface area contributed by atoms with Crippen molar-refractivity contribution in [1.29, 1.82) is 0 Å². The van der Waals surface area contributed by atoms with E-state index in [4.69, 9.17) is 8.85 Å². The monoisotopic (exact) mass is 246 g/mol. The van der Waals surface area contributed by atoms with E-state index in [1.807, 2.05) is 0 Å². The Balaban J connectivity index is 4.95. The zero-order valence-electron chi connectivity index (χ0n) is 13.6. The van der Waals surface area contributed by atoms with Crippen molar-refractivity contribution in [1.82, 2.24) is 0 Å². The van der Waals surface area contributed by atoms with E-state index in [1.165, 1.54) is 20.2 Å². The molecular weight excluding hydrogens is 222 g/mol. The Labute approximate surface area is 106 Å². The van der Waals surface area contributed by atoms with E-state index in [2.05, 4.69) is 0 Å². The summed E-state index contributed by atoms with van der Waals surface area (Å²) in [5.74, 6) is -2.09. The summed E-state index contributed by atoms with van der Waals surface area (Å²) in [6.45, 7) is 0.898. The highest BCUT2D eigenvalue weighted by atomic mass is 16.5. The highest BCUT2D eigenvalue weighted by molar-refractivity contribution is 5.83. The molecule has 5 nitrogen and oxygen atoms in total. The van der Waals surface area contributed by atoms with Crippen LogP contribution in [0.2, 0.25) is 0 Å². The van der Waals surface area contributed by atoms with Crippen molar-refractivity contribution >= 4 is 11.9 Å². The number of quaternary nitrogens is 1. The lowest BCUT2D eigenvalue weighted by Crippen LogP contribution is -2.45. The Morgan fingerprint density at radius 3 is 2.47 bits per heavy atom. The van der Waals surface area contributed by atoms with Crippen molar-refractivity contribution in [2.75, 3.05) is 27.6 Å². The molecule has 0 aliphatic rings. The number of allylic oxidation sites excluding steroid dienone is 1. The van der Waals surface area contributed by atoms with Crippen LogP contribution < -0.4 is 5.11 Å². The van der Waals surface area contributed by atoms with E-state index in [-0.39, 0.29) is 6.54 Å². The number of nitrogens with zero attached hydrogens (tertiary/aromatic N) is 1. The standard InChI is InChI=1S/C12H21NO4/c1-9(2)6-12(16)17-10(7-11(14)15)8-13(3,4)5/h6,10H,7-8H2,1-5H3/t10-/m1/s1/i3D3. The molecule has 0 aromatic carbocycles. The van der Waals surface area contributed by atoms with Crippen LogP contribution in [0, 0.1) is 0 Å². The van der Waals surface area contributed by atoms with Crippen LogP contribution in [0.3, 0.4) is 0 Å². The molecule has 0 fully saturated rings. The van der Waals surface area contributed by atoms with Gasteiger partial charge in [-0.25, -0.2) is 4.79 Å². The van der Waals surface area contributed by atoms with E-state index < -0.39 is 35.9 Å². The van der Waals surface area contributed by atoms with Crippen molar-refractivity contribution in [3.8, 4) is 0 Å². The van der Waals surface area contributed by atoms with Gasteiger partial charge in [0.05, 0.1) is 25.2 Å². The molecule has 0 unspecified atom stereocenters. The number of carbonyl (C=O) groups is 2. The van der Waals surface area contributed by atoms with Gasteiger partial charge in [0.2, 0.25) is 0 Å². The quantitative estimate of drug-likeness (QED) is 0.367. The molecule has 0 N–H and O–H groups in total. The number of hydrogen-bond donors (Lipinski definition) is 0. The summed E-state index contributed by atoms with van der Waals surface area (Å²) < 4.78 is 26.7. The van der Waals surface area contributed by atoms with Gasteiger partial charge in [0, 0.05) is 18.5 Å². The van der Waals surface area contributed by atoms with Crippen molar-refractivity contribution in [3.63, 3.8) is 0 Å². The molecule has 0 saturated heterocycles. The molecule has 0 saturated carbocycles. The lowest BCUT2D eigenvalue weighted by molar-refractivity contribution is -0.873. The first-order chi connectivity index (χ1) is 8.85. The maximum atomic E-state index is 11.5. The van der Waals surface area contributed by atoms with Gasteiger partial charge >= 0.3 is 5.97 Å². The highest BCUT2D eigenvalue weighted by Crippen LogP contribution is 2.05. The molecule has 17 heavy (non-hydrogen) atoms. The number of rotatable bonds is 6. The summed E-state index contributed by atoms with van der Waals surface area (Å²) >= 11 is 0. The van der Waals surface area contributed by atoms with Crippen LogP contribution >= 0.6 is 0 Å². The second kappa shape index (κ2) is 6.39. The Bertz CT molecular complexity index is 398. The Morgan fingerprint density at radius 1 is 1.47 bits per heavy atom. The van der Waals surface area contributed by atoms with Crippen LogP contribution in [0.5, 0.6) is 0 Å². The molecule has 0 heterocycles. The number of carboxylic acid groups (broad SMARTS) is 1. The molecule has 0 amide bonds. The molecular formula is C12H21NO4. The fourth-order valence-corrected chi connectivity index (χ4v) is 1.27. The average Bonchev–Trinajstić information content (AvgIpc) is 2.10. The van der Waals surface area contributed by atoms with E-state index in [0.29, 0.717) is 5.57 Å². The number of likely N-dealkylation sites (N-methyl/N-ethyl adjacent to an activating group) is 1. The third-order valence-corrected chi connectivity index (χ3v) is 1.74. The summed E-state index contributed by atoms with van der Waals surface area (Å²) in [5.41, 5.74) is 0.701. The van der Waals surface area contributed by atoms with Gasteiger partial charge in [-0.3, -0.25) is 0 Å². The van der Waals surface area contributed by atoms with Crippen molar-refractivity contribution in [2.24, 2.45) is 0 Å². The average molecular weight is 246 g/mol. The Kier molecular flexibility index (Phi) is 4.05. The number of carboxylic acids is 1. The van der Waals surface area contributed by atoms with Crippen LogP contribution in [-0.4, -0.2) is 50.1 Å². The van der Waals surface area contributed by atoms with Crippen molar-refractivity contribution in [3.05, 3.63) is 11.6 Å². The topological polar surface area (TPSA) is 66.4 Å². The maximum absolute atomic E-state index is 11.5. The summed E-state index contributed by atoms with van der Waals surface area (Å²) in [7, 11) is 2.84. The van der Waals surface area contributed by atoms with Crippen LogP contribution in [0.15, 0.2) is 11.6 Å². The van der Waals surface area contributed by atoms with Crippen molar-refractivity contribution in [2.45, 2.75) is 26.4 Å². The molecule has 0 spiro atoms. The molecule has 0 aromatic rings. The fourth-order valence-electron chi connectivity index (χ4n) is 1.27. The van der Waals surface area contributed by atoms with Crippen LogP contribution in [0.4, 0.5) is 0 Å². The minimum atomic E-state index is -2.34. The van der Waals surface area contributed by atoms with Crippen LogP contribution in [0.25, 0.3) is 0 Å². The molecule has 5 heteroatoms. The zero-order valence-corrected chi connectivity index (χ0v) is 10.6. The fraction of sp³-hybridized carbons (Fsp3) is 0.667. The molecule has 0 aliphatic carbocycles. The Morgan fingerprint density at radius 2 is 2.06 bits per heavy atom. The minimum Gasteiger partial charge on any atom is -0.550 e. The van der Waals surface area contributed by atoms with Gasteiger partial charge in [0.1, 0.15) is 6.54 Å². The van der Waals surface area contributed by atoms with Gasteiger partial charge in [-0.05, 0) is 13.8 Å². The van der Waals surface area contributed by atoms with E-state index in [9.17, 15) is 14.7 Å². The number of aliphatic carboxylic acids is 1.